The van der Waals surface area contributed by atoms with Crippen molar-refractivity contribution >= 4 is 0 Å². The van der Waals surface area contributed by atoms with E-state index >= 15 is 0 Å². The molecule has 1 saturated heterocycles. The van der Waals surface area contributed by atoms with Crippen molar-refractivity contribution in [3.8, 4) is 5.75 Å². The van der Waals surface area contributed by atoms with Gasteiger partial charge >= 0.3 is 0 Å². The van der Waals surface area contributed by atoms with Crippen molar-refractivity contribution in [3.05, 3.63) is 30.3 Å². The van der Waals surface area contributed by atoms with Gasteiger partial charge in [0.15, 0.2) is 0 Å². The SMILES string of the molecule is CCC1(C)CNC(C)CN1CCCOc1ccccc1. The van der Waals surface area contributed by atoms with Crippen molar-refractivity contribution in [1.29, 1.82) is 0 Å². The smallest absolute Gasteiger partial charge is 0.119 e. The first-order valence-corrected chi connectivity index (χ1v) is 7.80. The second-order valence-corrected chi connectivity index (χ2v) is 6.09. The molecule has 0 aliphatic carbocycles. The Labute approximate surface area is 123 Å². The second-order valence-electron chi connectivity index (χ2n) is 6.09. The molecule has 0 amide bonds. The minimum atomic E-state index is 0.291. The van der Waals surface area contributed by atoms with Crippen LogP contribution in [0.2, 0.25) is 0 Å². The molecule has 1 aromatic carbocycles. The Morgan fingerprint density at radius 3 is 2.80 bits per heavy atom. The number of benzene rings is 1. The Bertz CT molecular complexity index is 395. The van der Waals surface area contributed by atoms with E-state index in [-0.39, 0.29) is 0 Å². The van der Waals surface area contributed by atoms with Gasteiger partial charge in [-0.3, -0.25) is 4.90 Å². The van der Waals surface area contributed by atoms with Crippen LogP contribution in [0.4, 0.5) is 0 Å². The summed E-state index contributed by atoms with van der Waals surface area (Å²) in [5, 5.41) is 3.60. The Kier molecular flexibility index (Phi) is 5.44. The van der Waals surface area contributed by atoms with Gasteiger partial charge in [-0.25, -0.2) is 0 Å². The summed E-state index contributed by atoms with van der Waals surface area (Å²) in [5.74, 6) is 0.972. The van der Waals surface area contributed by atoms with Crippen LogP contribution >= 0.6 is 0 Å². The summed E-state index contributed by atoms with van der Waals surface area (Å²) in [6, 6.07) is 10.7. The molecule has 0 radical (unpaired) electrons. The van der Waals surface area contributed by atoms with Crippen LogP contribution in [0.25, 0.3) is 0 Å². The zero-order chi connectivity index (χ0) is 14.4. The molecule has 1 N–H and O–H groups in total. The van der Waals surface area contributed by atoms with E-state index in [1.165, 1.54) is 6.42 Å². The molecule has 3 heteroatoms. The van der Waals surface area contributed by atoms with Gasteiger partial charge < -0.3 is 10.1 Å². The second kappa shape index (κ2) is 7.09. The Balaban J connectivity index is 1.77. The number of nitrogens with one attached hydrogen (secondary N) is 1. The summed E-state index contributed by atoms with van der Waals surface area (Å²) in [7, 11) is 0. The van der Waals surface area contributed by atoms with E-state index in [1.807, 2.05) is 30.3 Å². The van der Waals surface area contributed by atoms with Crippen LogP contribution in [-0.2, 0) is 0 Å². The van der Waals surface area contributed by atoms with Crippen molar-refractivity contribution in [2.45, 2.75) is 45.2 Å². The van der Waals surface area contributed by atoms with Crippen LogP contribution in [0, 0.1) is 0 Å². The van der Waals surface area contributed by atoms with E-state index in [1.54, 1.807) is 0 Å². The zero-order valence-corrected chi connectivity index (χ0v) is 13.1. The maximum atomic E-state index is 5.78. The van der Waals surface area contributed by atoms with E-state index < -0.39 is 0 Å². The minimum Gasteiger partial charge on any atom is -0.494 e. The van der Waals surface area contributed by atoms with E-state index in [9.17, 15) is 0 Å². The molecule has 1 fully saturated rings. The minimum absolute atomic E-state index is 0.291. The highest BCUT2D eigenvalue weighted by Gasteiger charge is 2.34. The summed E-state index contributed by atoms with van der Waals surface area (Å²) in [6.45, 7) is 11.0. The molecule has 2 atom stereocenters. The van der Waals surface area contributed by atoms with E-state index in [2.05, 4.69) is 31.0 Å². The van der Waals surface area contributed by atoms with E-state index in [0.29, 0.717) is 11.6 Å². The summed E-state index contributed by atoms with van der Waals surface area (Å²) >= 11 is 0. The molecule has 1 heterocycles. The molecule has 0 aromatic heterocycles. The van der Waals surface area contributed by atoms with Crippen molar-refractivity contribution in [3.63, 3.8) is 0 Å². The fourth-order valence-electron chi connectivity index (χ4n) is 2.79. The Hall–Kier alpha value is -1.06. The average Bonchev–Trinajstić information content (AvgIpc) is 2.48. The van der Waals surface area contributed by atoms with Crippen molar-refractivity contribution in [2.24, 2.45) is 0 Å². The van der Waals surface area contributed by atoms with Gasteiger partial charge in [-0.05, 0) is 38.8 Å². The fraction of sp³-hybridized carbons (Fsp3) is 0.647. The molecular formula is C17H28N2O. The van der Waals surface area contributed by atoms with Gasteiger partial charge in [0.05, 0.1) is 6.61 Å². The van der Waals surface area contributed by atoms with Gasteiger partial charge in [0.2, 0.25) is 0 Å². The normalized spacial score (nSPS) is 27.4. The van der Waals surface area contributed by atoms with Crippen LogP contribution in [-0.4, -0.2) is 42.7 Å². The lowest BCUT2D eigenvalue weighted by Crippen LogP contribution is -2.62. The highest BCUT2D eigenvalue weighted by molar-refractivity contribution is 5.20. The summed E-state index contributed by atoms with van der Waals surface area (Å²) < 4.78 is 5.78. The first kappa shape index (κ1) is 15.3. The molecule has 2 rings (SSSR count). The van der Waals surface area contributed by atoms with Crippen LogP contribution in [0.3, 0.4) is 0 Å². The molecule has 1 aliphatic rings. The number of ether oxygens (including phenoxy) is 1. The third kappa shape index (κ3) is 3.97. The lowest BCUT2D eigenvalue weighted by atomic mass is 9.92. The maximum absolute atomic E-state index is 5.78. The number of para-hydroxylation sites is 1. The first-order chi connectivity index (χ1) is 9.64. The van der Waals surface area contributed by atoms with Crippen molar-refractivity contribution < 1.29 is 4.74 Å². The van der Waals surface area contributed by atoms with Gasteiger partial charge in [0.25, 0.3) is 0 Å². The Morgan fingerprint density at radius 1 is 1.35 bits per heavy atom. The van der Waals surface area contributed by atoms with Gasteiger partial charge in [-0.1, -0.05) is 25.1 Å². The number of piperazine rings is 1. The molecule has 0 spiro atoms. The van der Waals surface area contributed by atoms with Crippen molar-refractivity contribution in [1.82, 2.24) is 10.2 Å². The lowest BCUT2D eigenvalue weighted by molar-refractivity contribution is 0.0481. The third-order valence-electron chi connectivity index (χ3n) is 4.44. The molecule has 0 bridgehead atoms. The van der Waals surface area contributed by atoms with Gasteiger partial charge in [-0.2, -0.15) is 0 Å². The summed E-state index contributed by atoms with van der Waals surface area (Å²) in [5.41, 5.74) is 0.291. The van der Waals surface area contributed by atoms with E-state index in [0.717, 1.165) is 38.4 Å². The van der Waals surface area contributed by atoms with Crippen LogP contribution in [0.5, 0.6) is 5.75 Å². The first-order valence-electron chi connectivity index (χ1n) is 7.80. The summed E-state index contributed by atoms with van der Waals surface area (Å²) in [4.78, 5) is 2.63. The van der Waals surface area contributed by atoms with Gasteiger partial charge in [0.1, 0.15) is 5.75 Å². The molecule has 112 valence electrons. The maximum Gasteiger partial charge on any atom is 0.119 e. The largest absolute Gasteiger partial charge is 0.494 e. The number of hydrogen-bond acceptors (Lipinski definition) is 3. The van der Waals surface area contributed by atoms with Crippen LogP contribution in [0.15, 0.2) is 30.3 Å². The van der Waals surface area contributed by atoms with E-state index in [4.69, 9.17) is 4.74 Å². The monoisotopic (exact) mass is 276 g/mol. The quantitative estimate of drug-likeness (QED) is 0.809. The highest BCUT2D eigenvalue weighted by atomic mass is 16.5. The summed E-state index contributed by atoms with van der Waals surface area (Å²) in [6.07, 6.45) is 2.27. The molecule has 20 heavy (non-hydrogen) atoms. The molecule has 0 saturated carbocycles. The number of hydrogen-bond donors (Lipinski definition) is 1. The van der Waals surface area contributed by atoms with Crippen LogP contribution < -0.4 is 10.1 Å². The topological polar surface area (TPSA) is 24.5 Å². The Morgan fingerprint density at radius 2 is 2.10 bits per heavy atom. The lowest BCUT2D eigenvalue weighted by Gasteiger charge is -2.47. The van der Waals surface area contributed by atoms with Gasteiger partial charge in [0, 0.05) is 31.2 Å². The fourth-order valence-corrected chi connectivity index (χ4v) is 2.79. The standard InChI is InChI=1S/C17H28N2O/c1-4-17(3)14-18-15(2)13-19(17)11-8-12-20-16-9-6-5-7-10-16/h5-7,9-10,15,18H,4,8,11-14H2,1-3H3. The average molecular weight is 276 g/mol. The molecule has 3 nitrogen and oxygen atoms in total. The predicted molar refractivity (Wildman–Crippen MR) is 84.3 cm³/mol. The predicted octanol–water partition coefficient (Wildman–Crippen LogP) is 2.92. The molecule has 2 unspecified atom stereocenters. The zero-order valence-electron chi connectivity index (χ0n) is 13.1. The molecular weight excluding hydrogens is 248 g/mol. The third-order valence-corrected chi connectivity index (χ3v) is 4.44. The highest BCUT2D eigenvalue weighted by Crippen LogP contribution is 2.23. The molecule has 1 aromatic rings. The van der Waals surface area contributed by atoms with Crippen LogP contribution in [0.1, 0.15) is 33.6 Å². The molecule has 1 aliphatic heterocycles. The van der Waals surface area contributed by atoms with Crippen molar-refractivity contribution in [2.75, 3.05) is 26.2 Å². The van der Waals surface area contributed by atoms with Gasteiger partial charge in [-0.15, -0.1) is 0 Å². The number of nitrogens with zero attached hydrogens (tertiary/aromatic N) is 1. The number of rotatable bonds is 6.